The van der Waals surface area contributed by atoms with Crippen LogP contribution >= 0.6 is 0 Å². The van der Waals surface area contributed by atoms with Gasteiger partial charge in [-0.3, -0.25) is 29.6 Å². The fourth-order valence-electron chi connectivity index (χ4n) is 5.65. The van der Waals surface area contributed by atoms with Crippen molar-refractivity contribution in [3.63, 3.8) is 0 Å². The number of benzene rings is 1. The van der Waals surface area contributed by atoms with E-state index in [4.69, 9.17) is 0 Å². The molecule has 0 radical (unpaired) electrons. The van der Waals surface area contributed by atoms with Crippen LogP contribution in [0, 0.1) is 29.6 Å². The third-order valence-corrected chi connectivity index (χ3v) is 6.87. The maximum absolute atomic E-state index is 12.7. The van der Waals surface area contributed by atoms with E-state index in [9.17, 15) is 34.7 Å². The Morgan fingerprint density at radius 3 is 2.10 bits per heavy atom. The number of phenolic OH excluding ortho intramolecular Hbond substituents is 1. The highest BCUT2D eigenvalue weighted by Crippen LogP contribution is 2.58. The Morgan fingerprint density at radius 1 is 0.793 bits per heavy atom. The molecule has 2 aliphatic carbocycles. The van der Waals surface area contributed by atoms with Gasteiger partial charge in [0, 0.05) is 11.5 Å². The molecule has 2 saturated heterocycles. The highest BCUT2D eigenvalue weighted by atomic mass is 16.5. The molecule has 1 saturated carbocycles. The number of carbonyl (C=O) groups is 4. The van der Waals surface area contributed by atoms with Crippen LogP contribution in [0.2, 0.25) is 0 Å². The predicted octanol–water partition coefficient (Wildman–Crippen LogP) is 0.807. The summed E-state index contributed by atoms with van der Waals surface area (Å²) < 4.78 is 0. The van der Waals surface area contributed by atoms with Crippen LogP contribution in [-0.2, 0) is 19.2 Å². The van der Waals surface area contributed by atoms with E-state index >= 15 is 0 Å². The van der Waals surface area contributed by atoms with E-state index in [0.29, 0.717) is 11.1 Å². The lowest BCUT2D eigenvalue weighted by Crippen LogP contribution is -2.43. The molecule has 6 atom stereocenters. The standard InChI is InChI=1S/C20H18N2O7/c23-13-4-2-1-3-9(13)14-8-5-6-10-15(19(26)21(28)17(10)24)11(8)7-12-16(14)20(27)22(29)18(12)25/h1-5,10-12,14-16,23,28-29H,6-7H2. The molecular formula is C20H18N2O7. The third-order valence-electron chi connectivity index (χ3n) is 6.87. The minimum Gasteiger partial charge on any atom is -0.508 e. The van der Waals surface area contributed by atoms with Crippen molar-refractivity contribution < 1.29 is 34.7 Å². The lowest BCUT2D eigenvalue weighted by atomic mass is 9.57. The first-order valence-corrected chi connectivity index (χ1v) is 9.44. The Labute approximate surface area is 164 Å². The molecule has 0 aromatic heterocycles. The van der Waals surface area contributed by atoms with Crippen molar-refractivity contribution in [2.75, 3.05) is 0 Å². The maximum atomic E-state index is 12.7. The van der Waals surface area contributed by atoms with E-state index < -0.39 is 59.1 Å². The normalized spacial score (nSPS) is 36.1. The summed E-state index contributed by atoms with van der Waals surface area (Å²) in [6.45, 7) is 0. The van der Waals surface area contributed by atoms with E-state index in [0.717, 1.165) is 0 Å². The molecule has 2 heterocycles. The van der Waals surface area contributed by atoms with Crippen molar-refractivity contribution in [1.29, 1.82) is 0 Å². The Bertz CT molecular complexity index is 1000. The van der Waals surface area contributed by atoms with Crippen LogP contribution < -0.4 is 0 Å². The van der Waals surface area contributed by atoms with Crippen LogP contribution in [0.1, 0.15) is 24.3 Å². The van der Waals surface area contributed by atoms with Gasteiger partial charge in [-0.15, -0.1) is 0 Å². The first-order chi connectivity index (χ1) is 13.8. The van der Waals surface area contributed by atoms with Crippen LogP contribution in [0.3, 0.4) is 0 Å². The number of hydrogen-bond acceptors (Lipinski definition) is 7. The van der Waals surface area contributed by atoms with Crippen molar-refractivity contribution in [3.05, 3.63) is 41.5 Å². The monoisotopic (exact) mass is 398 g/mol. The number of para-hydroxylation sites is 1. The lowest BCUT2D eigenvalue weighted by molar-refractivity contribution is -0.174. The summed E-state index contributed by atoms with van der Waals surface area (Å²) in [6, 6.07) is 6.43. The third kappa shape index (κ3) is 2.22. The second kappa shape index (κ2) is 5.98. The van der Waals surface area contributed by atoms with Crippen LogP contribution in [0.5, 0.6) is 5.75 Å². The summed E-state index contributed by atoms with van der Waals surface area (Å²) in [4.78, 5) is 50.1. The predicted molar refractivity (Wildman–Crippen MR) is 92.9 cm³/mol. The summed E-state index contributed by atoms with van der Waals surface area (Å²) in [7, 11) is 0. The number of nitrogens with zero attached hydrogens (tertiary/aromatic N) is 2. The van der Waals surface area contributed by atoms with Crippen molar-refractivity contribution in [2.24, 2.45) is 29.6 Å². The second-order valence-electron chi connectivity index (χ2n) is 8.06. The van der Waals surface area contributed by atoms with Gasteiger partial charge >= 0.3 is 0 Å². The number of imide groups is 2. The molecule has 9 nitrogen and oxygen atoms in total. The molecule has 1 aromatic rings. The molecule has 3 fully saturated rings. The van der Waals surface area contributed by atoms with Crippen molar-refractivity contribution in [3.8, 4) is 5.75 Å². The Morgan fingerprint density at radius 2 is 1.41 bits per heavy atom. The summed E-state index contributed by atoms with van der Waals surface area (Å²) in [5, 5.41) is 30.5. The van der Waals surface area contributed by atoms with Crippen molar-refractivity contribution >= 4 is 23.6 Å². The zero-order chi connectivity index (χ0) is 20.6. The van der Waals surface area contributed by atoms with Gasteiger partial charge in [0.1, 0.15) is 5.75 Å². The molecule has 29 heavy (non-hydrogen) atoms. The Hall–Kier alpha value is -3.04. The molecule has 2 aliphatic heterocycles. The van der Waals surface area contributed by atoms with Crippen LogP contribution in [0.4, 0.5) is 0 Å². The van der Waals surface area contributed by atoms with Gasteiger partial charge in [0.2, 0.25) is 0 Å². The number of hydroxylamine groups is 4. The number of fused-ring (bicyclic) bond motifs is 4. The first kappa shape index (κ1) is 18.0. The van der Waals surface area contributed by atoms with Crippen molar-refractivity contribution in [2.45, 2.75) is 18.8 Å². The number of carbonyl (C=O) groups excluding carboxylic acids is 4. The lowest BCUT2D eigenvalue weighted by Gasteiger charge is -2.43. The fraction of sp³-hybridized carbons (Fsp3) is 0.400. The molecule has 4 amide bonds. The molecule has 1 aromatic carbocycles. The van der Waals surface area contributed by atoms with Gasteiger partial charge in [0.25, 0.3) is 23.6 Å². The van der Waals surface area contributed by atoms with E-state index in [1.807, 2.05) is 0 Å². The Kier molecular flexibility index (Phi) is 3.71. The SMILES string of the molecule is O=C1C2CC=C3C(CC4C(=O)N(O)C(=O)C4C3c3ccccc3O)C2C(=O)N1O. The maximum Gasteiger partial charge on any atom is 0.258 e. The fourth-order valence-corrected chi connectivity index (χ4v) is 5.65. The summed E-state index contributed by atoms with van der Waals surface area (Å²) >= 11 is 0. The highest BCUT2D eigenvalue weighted by molar-refractivity contribution is 6.06. The average Bonchev–Trinajstić information content (AvgIpc) is 3.07. The molecule has 0 bridgehead atoms. The van der Waals surface area contributed by atoms with Gasteiger partial charge in [0.05, 0.1) is 23.7 Å². The first-order valence-electron chi connectivity index (χ1n) is 9.44. The van der Waals surface area contributed by atoms with Gasteiger partial charge < -0.3 is 5.11 Å². The number of allylic oxidation sites excluding steroid dienone is 2. The van der Waals surface area contributed by atoms with Crippen molar-refractivity contribution in [1.82, 2.24) is 10.1 Å². The smallest absolute Gasteiger partial charge is 0.258 e. The molecular weight excluding hydrogens is 380 g/mol. The van der Waals surface area contributed by atoms with Crippen LogP contribution in [0.15, 0.2) is 35.9 Å². The summed E-state index contributed by atoms with van der Waals surface area (Å²) in [5.74, 6) is -7.57. The number of amides is 4. The quantitative estimate of drug-likeness (QED) is 0.362. The molecule has 5 rings (SSSR count). The molecule has 6 unspecified atom stereocenters. The van der Waals surface area contributed by atoms with Gasteiger partial charge in [-0.2, -0.15) is 10.1 Å². The zero-order valence-electron chi connectivity index (χ0n) is 15.1. The molecule has 150 valence electrons. The van der Waals surface area contributed by atoms with Gasteiger partial charge in [-0.05, 0) is 24.8 Å². The largest absolute Gasteiger partial charge is 0.508 e. The minimum atomic E-state index is -0.905. The topological polar surface area (TPSA) is 135 Å². The summed E-state index contributed by atoms with van der Waals surface area (Å²) in [5.41, 5.74) is 1.10. The molecule has 4 aliphatic rings. The van der Waals surface area contributed by atoms with Crippen LogP contribution in [0.25, 0.3) is 0 Å². The zero-order valence-corrected chi connectivity index (χ0v) is 15.1. The number of phenols is 1. The van der Waals surface area contributed by atoms with Crippen LogP contribution in [-0.4, -0.2) is 49.3 Å². The molecule has 3 N–H and O–H groups in total. The Balaban J connectivity index is 1.68. The average molecular weight is 398 g/mol. The van der Waals surface area contributed by atoms with Gasteiger partial charge in [-0.1, -0.05) is 29.8 Å². The van der Waals surface area contributed by atoms with Gasteiger partial charge in [0.15, 0.2) is 0 Å². The second-order valence-corrected chi connectivity index (χ2v) is 8.06. The molecule has 9 heteroatoms. The number of rotatable bonds is 1. The van der Waals surface area contributed by atoms with E-state index in [1.54, 1.807) is 24.3 Å². The van der Waals surface area contributed by atoms with E-state index in [-0.39, 0.29) is 28.7 Å². The van der Waals surface area contributed by atoms with E-state index in [1.165, 1.54) is 6.07 Å². The number of hydrogen-bond donors (Lipinski definition) is 3. The van der Waals surface area contributed by atoms with E-state index in [2.05, 4.69) is 0 Å². The number of aromatic hydroxyl groups is 1. The summed E-state index contributed by atoms with van der Waals surface area (Å²) in [6.07, 6.45) is 2.10. The molecule has 0 spiro atoms. The van der Waals surface area contributed by atoms with Gasteiger partial charge in [-0.25, -0.2) is 0 Å². The highest BCUT2D eigenvalue weighted by Gasteiger charge is 2.62. The minimum absolute atomic E-state index is 0.0610.